The van der Waals surface area contributed by atoms with E-state index in [4.69, 9.17) is 0 Å². The van der Waals surface area contributed by atoms with Crippen molar-refractivity contribution in [2.24, 2.45) is 0 Å². The lowest BCUT2D eigenvalue weighted by Gasteiger charge is -1.37. The van der Waals surface area contributed by atoms with E-state index >= 15 is 0 Å². The highest BCUT2D eigenvalue weighted by atomic mass is 32.3. The van der Waals surface area contributed by atoms with Crippen LogP contribution in [0.3, 0.4) is 0 Å². The van der Waals surface area contributed by atoms with E-state index in [9.17, 15) is 58.3 Å². The lowest BCUT2D eigenvalue weighted by molar-refractivity contribution is -0.00100. The number of hydrogen-bond donors (Lipinski definition) is 0. The first-order valence-electron chi connectivity index (χ1n) is 2.31. The fourth-order valence-corrected chi connectivity index (χ4v) is 0. The molecule has 0 heterocycles. The average molecular weight is 540 g/mol. The molecule has 0 bridgehead atoms. The van der Waals surface area contributed by atoms with E-state index in [0.717, 1.165) is 0 Å². The van der Waals surface area contributed by atoms with Crippen LogP contribution in [0, 0.1) is 0 Å². The Hall–Kier alpha value is 0.350. The van der Waals surface area contributed by atoms with Crippen molar-refractivity contribution in [2.75, 3.05) is 0 Å². The zero-order valence-corrected chi connectivity index (χ0v) is 13.7. The van der Waals surface area contributed by atoms with Crippen molar-refractivity contribution < 1.29 is 81.8 Å². The highest BCUT2D eigenvalue weighted by Crippen LogP contribution is 1.97. The van der Waals surface area contributed by atoms with E-state index in [1.807, 2.05) is 0 Å². The van der Waals surface area contributed by atoms with Gasteiger partial charge in [-0.25, -0.2) is 0 Å². The molecule has 0 fully saturated rings. The lowest BCUT2D eigenvalue weighted by Crippen LogP contribution is -3.00. The smallest absolute Gasteiger partial charge is 0.661 e. The molecule has 0 atom stereocenters. The third-order valence-electron chi connectivity index (χ3n) is 0. The molecule has 0 rings (SSSR count). The fraction of sp³-hybridized carbons (Fsp3) is 0. The maximum Gasteiger partial charge on any atom is 0.661 e. The van der Waals surface area contributed by atoms with Gasteiger partial charge >= 0.3 is 60.3 Å². The van der Waals surface area contributed by atoms with Crippen molar-refractivity contribution in [1.82, 2.24) is 0 Å². The van der Waals surface area contributed by atoms with Gasteiger partial charge in [0.05, 0.1) is 0 Å². The van der Waals surface area contributed by atoms with Gasteiger partial charge in [-0.05, 0) is 0 Å². The van der Waals surface area contributed by atoms with E-state index in [0.29, 0.717) is 0 Å². The summed E-state index contributed by atoms with van der Waals surface area (Å²) in [5.74, 6) is 0. The Morgan fingerprint density at radius 3 is 0.200 bits per heavy atom. The molecule has 0 amide bonds. The molecule has 0 spiro atoms. The van der Waals surface area contributed by atoms with E-state index < -0.39 is 60.3 Å². The maximum atomic E-state index is 9.69. The van der Waals surface area contributed by atoms with E-state index in [-0.39, 0.29) is 23.5 Å². The highest BCUT2D eigenvalue weighted by Gasteiger charge is 2.16. The zero-order valence-electron chi connectivity index (χ0n) is 9.60. The lowest BCUT2D eigenvalue weighted by atomic mass is 18.8. The summed E-state index contributed by atoms with van der Waals surface area (Å²) in [5, 5.41) is 0. The molecule has 0 aliphatic rings. The van der Waals surface area contributed by atoms with Gasteiger partial charge in [0.2, 0.25) is 0 Å². The molecule has 0 aromatic rings. The molecule has 0 N–H and O–H groups in total. The number of halogens is 20. The first-order chi connectivity index (χ1) is 8.66. The second-order valence-electron chi connectivity index (χ2n) is 0.875. The predicted molar refractivity (Wildman–Crippen MR) is 53.4 cm³/mol. The third kappa shape index (κ3) is 99300. The van der Waals surface area contributed by atoms with E-state index in [1.165, 1.54) is 0 Å². The Labute approximate surface area is 142 Å². The normalized spacial score (nSPS) is 7.20. The molecule has 0 unspecified atom stereocenters. The van der Waals surface area contributed by atoms with Crippen LogP contribution in [0.4, 0.5) is 58.3 Å². The average Bonchev–Trinajstić information content (AvgIpc) is 1.94. The summed E-state index contributed by atoms with van der Waals surface area (Å²) in [6.07, 6.45) is 0. The standard InChI is InChI=1S/5F3S.5FH/c5*1-4(2)3;;;;;/h;;;;;5*1H/q5*+1;;;;;/p-5. The zero-order chi connectivity index (χ0) is 17.9. The van der Waals surface area contributed by atoms with Crippen LogP contribution < -0.4 is 23.5 Å². The van der Waals surface area contributed by atoms with Crippen LogP contribution in [0.25, 0.3) is 0 Å². The molecule has 0 nitrogen and oxygen atoms in total. The van der Waals surface area contributed by atoms with Crippen molar-refractivity contribution in [2.45, 2.75) is 0 Å². The Morgan fingerprint density at radius 2 is 0.200 bits per heavy atom. The summed E-state index contributed by atoms with van der Waals surface area (Å²) < 4.78 is 145. The minimum Gasteiger partial charge on any atom is -1.00 e. The Kier molecular flexibility index (Phi) is 144. The van der Waals surface area contributed by atoms with Gasteiger partial charge in [0.1, 0.15) is 58.3 Å². The van der Waals surface area contributed by atoms with Gasteiger partial charge in [-0.15, -0.1) is 0 Å². The Bertz CT molecular complexity index is 76.7. The van der Waals surface area contributed by atoms with Crippen LogP contribution in [0.1, 0.15) is 0 Å². The summed E-state index contributed by atoms with van der Waals surface area (Å²) >= 11 is -19.3. The Balaban J connectivity index is -0.0000000134. The van der Waals surface area contributed by atoms with E-state index in [1.54, 1.807) is 0 Å². The topological polar surface area (TPSA) is 0 Å². The molecule has 0 saturated heterocycles. The summed E-state index contributed by atoms with van der Waals surface area (Å²) in [4.78, 5) is 0. The first-order valence-corrected chi connectivity index (χ1v) is 6.94. The highest BCUT2D eigenvalue weighted by molar-refractivity contribution is 7.82. The van der Waals surface area contributed by atoms with E-state index in [2.05, 4.69) is 0 Å². The van der Waals surface area contributed by atoms with Gasteiger partial charge in [0.15, 0.2) is 0 Å². The fourth-order valence-electron chi connectivity index (χ4n) is 0. The van der Waals surface area contributed by atoms with Crippen LogP contribution in [-0.4, -0.2) is 0 Å². The van der Waals surface area contributed by atoms with Crippen molar-refractivity contribution in [3.63, 3.8) is 0 Å². The summed E-state index contributed by atoms with van der Waals surface area (Å²) in [5.41, 5.74) is 0. The molecule has 0 saturated carbocycles. The molecule has 25 heteroatoms. The van der Waals surface area contributed by atoms with Crippen LogP contribution in [0.5, 0.6) is 0 Å². The first kappa shape index (κ1) is 63.8. The summed E-state index contributed by atoms with van der Waals surface area (Å²) in [6.45, 7) is 0. The molecule has 0 aliphatic heterocycles. The largest absolute Gasteiger partial charge is 1.00 e. The molecule has 0 aliphatic carbocycles. The van der Waals surface area contributed by atoms with Crippen LogP contribution in [0.2, 0.25) is 0 Å². The quantitative estimate of drug-likeness (QED) is 0.212. The second-order valence-corrected chi connectivity index (χ2v) is 2.62. The summed E-state index contributed by atoms with van der Waals surface area (Å²) in [6, 6.07) is 0. The van der Waals surface area contributed by atoms with Crippen LogP contribution in [0.15, 0.2) is 0 Å². The molecule has 0 aromatic heterocycles. The van der Waals surface area contributed by atoms with Crippen LogP contribution >= 0.6 is 0 Å². The summed E-state index contributed by atoms with van der Waals surface area (Å²) in [7, 11) is 0. The molecule has 170 valence electrons. The molecular weight excluding hydrogens is 540 g/mol. The van der Waals surface area contributed by atoms with Gasteiger partial charge in [-0.3, -0.25) is 0 Å². The molecular formula is F20S5. The Morgan fingerprint density at radius 1 is 0.200 bits per heavy atom. The van der Waals surface area contributed by atoms with Crippen molar-refractivity contribution in [1.29, 1.82) is 0 Å². The number of hydrogen-bond acceptors (Lipinski definition) is 0. The molecule has 0 radical (unpaired) electrons. The van der Waals surface area contributed by atoms with Gasteiger partial charge in [-0.1, -0.05) is 0 Å². The number of rotatable bonds is 0. The van der Waals surface area contributed by atoms with Crippen molar-refractivity contribution in [3.8, 4) is 0 Å². The van der Waals surface area contributed by atoms with Gasteiger partial charge < -0.3 is 23.5 Å². The third-order valence-corrected chi connectivity index (χ3v) is 0. The van der Waals surface area contributed by atoms with Gasteiger partial charge in [-0.2, -0.15) is 0 Å². The SMILES string of the molecule is F[S+](F)F.F[S+](F)F.F[S+](F)F.F[S+](F)F.F[S+](F)F.[F-].[F-].[F-].[F-].[F-]. The van der Waals surface area contributed by atoms with Crippen LogP contribution in [-0.2, 0) is 60.3 Å². The second kappa shape index (κ2) is 56.3. The van der Waals surface area contributed by atoms with Crippen molar-refractivity contribution in [3.05, 3.63) is 0 Å². The molecule has 0 aromatic carbocycles. The monoisotopic (exact) mass is 540 g/mol. The minimum atomic E-state index is -3.86. The molecule has 25 heavy (non-hydrogen) atoms. The minimum absolute atomic E-state index is 0. The van der Waals surface area contributed by atoms with Gasteiger partial charge in [0, 0.05) is 0 Å². The van der Waals surface area contributed by atoms with Crippen molar-refractivity contribution >= 4 is 60.3 Å². The maximum absolute atomic E-state index is 9.69. The predicted octanol–water partition coefficient (Wildman–Crippen LogP) is -8.69. The van der Waals surface area contributed by atoms with Gasteiger partial charge in [0.25, 0.3) is 0 Å².